The Hall–Kier alpha value is -2.55. The Kier molecular flexibility index (Phi) is 6.81. The molecule has 1 heterocycles. The summed E-state index contributed by atoms with van der Waals surface area (Å²) in [6.07, 6.45) is 0.659. The average molecular weight is 363 g/mol. The van der Waals surface area contributed by atoms with Gasteiger partial charge in [0.2, 0.25) is 11.8 Å². The number of rotatable bonds is 9. The first-order chi connectivity index (χ1) is 12.0. The molecule has 0 bridgehead atoms. The van der Waals surface area contributed by atoms with E-state index in [1.807, 2.05) is 17.6 Å². The van der Waals surface area contributed by atoms with E-state index in [-0.39, 0.29) is 24.0 Å². The zero-order valence-electron chi connectivity index (χ0n) is 14.2. The van der Waals surface area contributed by atoms with Crippen molar-refractivity contribution in [2.75, 3.05) is 18.2 Å². The fraction of sp³-hybridized carbons (Fsp3) is 0.375. The number of thioether (sulfide) groups is 1. The van der Waals surface area contributed by atoms with Crippen molar-refractivity contribution in [3.05, 3.63) is 30.1 Å². The molecule has 0 saturated carbocycles. The highest BCUT2D eigenvalue weighted by Crippen LogP contribution is 2.20. The first kappa shape index (κ1) is 18.8. The number of ether oxygens (including phenoxy) is 1. The number of hydrogen-bond donors (Lipinski definition) is 2. The van der Waals surface area contributed by atoms with E-state index < -0.39 is 0 Å². The van der Waals surface area contributed by atoms with E-state index in [1.54, 1.807) is 25.3 Å². The zero-order chi connectivity index (χ0) is 18.2. The van der Waals surface area contributed by atoms with Gasteiger partial charge in [-0.15, -0.1) is 10.2 Å². The normalized spacial score (nSPS) is 10.5. The van der Waals surface area contributed by atoms with E-state index in [2.05, 4.69) is 15.5 Å². The minimum Gasteiger partial charge on any atom is -0.497 e. The highest BCUT2D eigenvalue weighted by molar-refractivity contribution is 7.99. The Morgan fingerprint density at radius 3 is 2.84 bits per heavy atom. The predicted molar refractivity (Wildman–Crippen MR) is 95.6 cm³/mol. The van der Waals surface area contributed by atoms with Crippen LogP contribution in [0.4, 0.5) is 5.69 Å². The number of primary amides is 1. The summed E-state index contributed by atoms with van der Waals surface area (Å²) in [4.78, 5) is 23.0. The summed E-state index contributed by atoms with van der Waals surface area (Å²) in [7, 11) is 1.57. The molecule has 2 rings (SSSR count). The van der Waals surface area contributed by atoms with E-state index in [9.17, 15) is 9.59 Å². The molecule has 0 unspecified atom stereocenters. The number of benzene rings is 1. The molecule has 0 atom stereocenters. The van der Waals surface area contributed by atoms with E-state index in [1.165, 1.54) is 11.8 Å². The topological polar surface area (TPSA) is 112 Å². The SMILES string of the molecule is CCn1c(CCC(N)=O)nnc1SCC(=O)Nc1cccc(OC)c1. The lowest BCUT2D eigenvalue weighted by Crippen LogP contribution is -2.15. The molecule has 1 aromatic heterocycles. The second-order valence-corrected chi connectivity index (χ2v) is 6.12. The Morgan fingerprint density at radius 2 is 2.16 bits per heavy atom. The molecule has 25 heavy (non-hydrogen) atoms. The third-order valence-electron chi connectivity index (χ3n) is 3.39. The van der Waals surface area contributed by atoms with Gasteiger partial charge in [-0.25, -0.2) is 0 Å². The molecule has 0 aliphatic heterocycles. The van der Waals surface area contributed by atoms with E-state index >= 15 is 0 Å². The average Bonchev–Trinajstić information content (AvgIpc) is 3.00. The lowest BCUT2D eigenvalue weighted by Gasteiger charge is -2.08. The van der Waals surface area contributed by atoms with Crippen LogP contribution in [0.3, 0.4) is 0 Å². The molecule has 2 amide bonds. The van der Waals surface area contributed by atoms with Gasteiger partial charge in [0.25, 0.3) is 0 Å². The number of amides is 2. The van der Waals surface area contributed by atoms with Crippen LogP contribution in [0.1, 0.15) is 19.2 Å². The third-order valence-corrected chi connectivity index (χ3v) is 4.36. The van der Waals surface area contributed by atoms with Crippen molar-refractivity contribution in [1.29, 1.82) is 0 Å². The molecule has 1 aromatic carbocycles. The predicted octanol–water partition coefficient (Wildman–Crippen LogP) is 1.46. The summed E-state index contributed by atoms with van der Waals surface area (Å²) in [5, 5.41) is 11.6. The molecule has 8 nitrogen and oxygen atoms in total. The molecule has 134 valence electrons. The van der Waals surface area contributed by atoms with Crippen LogP contribution in [0, 0.1) is 0 Å². The molecule has 0 spiro atoms. The molecular formula is C16H21N5O3S. The van der Waals surface area contributed by atoms with Crippen molar-refractivity contribution in [3.63, 3.8) is 0 Å². The second kappa shape index (κ2) is 9.07. The maximum absolute atomic E-state index is 12.1. The zero-order valence-corrected chi connectivity index (χ0v) is 15.0. The largest absolute Gasteiger partial charge is 0.497 e. The fourth-order valence-electron chi connectivity index (χ4n) is 2.19. The van der Waals surface area contributed by atoms with Gasteiger partial charge in [-0.05, 0) is 19.1 Å². The van der Waals surface area contributed by atoms with E-state index in [4.69, 9.17) is 10.5 Å². The monoisotopic (exact) mass is 363 g/mol. The second-order valence-electron chi connectivity index (χ2n) is 5.18. The van der Waals surface area contributed by atoms with Crippen LogP contribution in [0.15, 0.2) is 29.4 Å². The van der Waals surface area contributed by atoms with Gasteiger partial charge in [0.1, 0.15) is 11.6 Å². The highest BCUT2D eigenvalue weighted by Gasteiger charge is 2.14. The van der Waals surface area contributed by atoms with Gasteiger partial charge < -0.3 is 20.4 Å². The fourth-order valence-corrected chi connectivity index (χ4v) is 3.01. The van der Waals surface area contributed by atoms with Crippen molar-refractivity contribution in [3.8, 4) is 5.75 Å². The van der Waals surface area contributed by atoms with Crippen molar-refractivity contribution in [2.24, 2.45) is 5.73 Å². The molecule has 3 N–H and O–H groups in total. The maximum Gasteiger partial charge on any atom is 0.234 e. The Morgan fingerprint density at radius 1 is 1.36 bits per heavy atom. The number of hydrogen-bond acceptors (Lipinski definition) is 6. The van der Waals surface area contributed by atoms with Crippen molar-refractivity contribution >= 4 is 29.3 Å². The minimum absolute atomic E-state index is 0.150. The van der Waals surface area contributed by atoms with Crippen LogP contribution in [-0.4, -0.2) is 39.4 Å². The standard InChI is InChI=1S/C16H21N5O3S/c1-3-21-14(8-7-13(17)22)19-20-16(21)25-10-15(23)18-11-5-4-6-12(9-11)24-2/h4-6,9H,3,7-8,10H2,1-2H3,(H2,17,22)(H,18,23). The first-order valence-corrected chi connectivity index (χ1v) is 8.79. The molecule has 0 radical (unpaired) electrons. The van der Waals surface area contributed by atoms with Crippen molar-refractivity contribution in [1.82, 2.24) is 14.8 Å². The van der Waals surface area contributed by atoms with Crippen LogP contribution in [0.5, 0.6) is 5.75 Å². The van der Waals surface area contributed by atoms with Gasteiger partial charge in [-0.1, -0.05) is 17.8 Å². The van der Waals surface area contributed by atoms with Gasteiger partial charge in [0.15, 0.2) is 5.16 Å². The number of anilines is 1. The number of nitrogens with one attached hydrogen (secondary N) is 1. The third kappa shape index (κ3) is 5.49. The van der Waals surface area contributed by atoms with Gasteiger partial charge in [0.05, 0.1) is 12.9 Å². The van der Waals surface area contributed by atoms with Gasteiger partial charge in [-0.2, -0.15) is 0 Å². The summed E-state index contributed by atoms with van der Waals surface area (Å²) >= 11 is 1.29. The molecule has 2 aromatic rings. The number of aryl methyl sites for hydroxylation is 1. The van der Waals surface area contributed by atoms with Crippen LogP contribution < -0.4 is 15.8 Å². The molecular weight excluding hydrogens is 342 g/mol. The number of carbonyl (C=O) groups excluding carboxylic acids is 2. The molecule has 0 aliphatic rings. The summed E-state index contributed by atoms with van der Waals surface area (Å²) in [6, 6.07) is 7.16. The lowest BCUT2D eigenvalue weighted by atomic mass is 10.3. The Labute approximate surface area is 150 Å². The first-order valence-electron chi connectivity index (χ1n) is 7.80. The van der Waals surface area contributed by atoms with E-state index in [0.29, 0.717) is 35.4 Å². The van der Waals surface area contributed by atoms with Gasteiger partial charge >= 0.3 is 0 Å². The number of carbonyl (C=O) groups is 2. The summed E-state index contributed by atoms with van der Waals surface area (Å²) < 4.78 is 7.01. The number of nitrogens with zero attached hydrogens (tertiary/aromatic N) is 3. The Balaban J connectivity index is 1.93. The quantitative estimate of drug-likeness (QED) is 0.652. The van der Waals surface area contributed by atoms with Crippen LogP contribution >= 0.6 is 11.8 Å². The van der Waals surface area contributed by atoms with Gasteiger partial charge in [-0.3, -0.25) is 9.59 Å². The lowest BCUT2D eigenvalue weighted by molar-refractivity contribution is -0.118. The number of methoxy groups -OCH3 is 1. The molecule has 9 heteroatoms. The van der Waals surface area contributed by atoms with Crippen LogP contribution in [0.25, 0.3) is 0 Å². The van der Waals surface area contributed by atoms with Crippen LogP contribution in [-0.2, 0) is 22.6 Å². The molecule has 0 fully saturated rings. The van der Waals surface area contributed by atoms with Gasteiger partial charge in [0, 0.05) is 31.1 Å². The summed E-state index contributed by atoms with van der Waals surface area (Å²) in [6.45, 7) is 2.61. The Bertz CT molecular complexity index is 747. The summed E-state index contributed by atoms with van der Waals surface area (Å²) in [5.41, 5.74) is 5.84. The smallest absolute Gasteiger partial charge is 0.234 e. The van der Waals surface area contributed by atoms with Crippen molar-refractivity contribution in [2.45, 2.75) is 31.5 Å². The minimum atomic E-state index is -0.377. The summed E-state index contributed by atoms with van der Waals surface area (Å²) in [5.74, 6) is 1.04. The molecule has 0 aliphatic carbocycles. The maximum atomic E-state index is 12.1. The van der Waals surface area contributed by atoms with Crippen molar-refractivity contribution < 1.29 is 14.3 Å². The highest BCUT2D eigenvalue weighted by atomic mass is 32.2. The van der Waals surface area contributed by atoms with Crippen LogP contribution in [0.2, 0.25) is 0 Å². The number of nitrogens with two attached hydrogens (primary N) is 1. The number of aromatic nitrogens is 3. The van der Waals surface area contributed by atoms with E-state index in [0.717, 1.165) is 0 Å². The molecule has 0 saturated heterocycles.